The van der Waals surface area contributed by atoms with Gasteiger partial charge in [-0.2, -0.15) is 0 Å². The monoisotopic (exact) mass is 297 g/mol. The minimum Gasteiger partial charge on any atom is -0.383 e. The van der Waals surface area contributed by atoms with Crippen molar-refractivity contribution in [2.75, 3.05) is 5.73 Å². The first-order valence-corrected chi connectivity index (χ1v) is 6.92. The minimum absolute atomic E-state index is 0.343. The molecule has 1 aliphatic carbocycles. The maximum Gasteiger partial charge on any atom is 0.141 e. The summed E-state index contributed by atoms with van der Waals surface area (Å²) in [4.78, 5) is 9.11. The Morgan fingerprint density at radius 2 is 2.00 bits per heavy atom. The smallest absolute Gasteiger partial charge is 0.141 e. The lowest BCUT2D eigenvalue weighted by Gasteiger charge is -2.11. The minimum atomic E-state index is 0.343. The molecule has 1 fully saturated rings. The summed E-state index contributed by atoms with van der Waals surface area (Å²) in [5.41, 5.74) is 7.34. The summed E-state index contributed by atoms with van der Waals surface area (Å²) in [5, 5.41) is 0. The SMILES string of the molecule is CC(C)Cc1nc(C2CC2(C)C)nc(N)c1Br. The lowest BCUT2D eigenvalue weighted by molar-refractivity contribution is 0.597. The van der Waals surface area contributed by atoms with Gasteiger partial charge in [0.25, 0.3) is 0 Å². The number of anilines is 1. The van der Waals surface area contributed by atoms with Crippen molar-refractivity contribution in [1.29, 1.82) is 0 Å². The van der Waals surface area contributed by atoms with E-state index in [1.165, 1.54) is 0 Å². The molecule has 0 bridgehead atoms. The summed E-state index contributed by atoms with van der Waals surface area (Å²) < 4.78 is 0.869. The Morgan fingerprint density at radius 1 is 1.41 bits per heavy atom. The molecule has 17 heavy (non-hydrogen) atoms. The van der Waals surface area contributed by atoms with Gasteiger partial charge in [0.15, 0.2) is 0 Å². The van der Waals surface area contributed by atoms with E-state index in [0.29, 0.717) is 23.1 Å². The molecule has 0 amide bonds. The van der Waals surface area contributed by atoms with Crippen LogP contribution in [0.4, 0.5) is 5.82 Å². The number of nitrogens with two attached hydrogens (primary N) is 1. The molecule has 0 saturated heterocycles. The number of halogens is 1. The number of aromatic nitrogens is 2. The Balaban J connectivity index is 2.33. The topological polar surface area (TPSA) is 51.8 Å². The van der Waals surface area contributed by atoms with Gasteiger partial charge in [-0.25, -0.2) is 9.97 Å². The zero-order valence-corrected chi connectivity index (χ0v) is 12.5. The summed E-state index contributed by atoms with van der Waals surface area (Å²) in [6.07, 6.45) is 2.10. The molecule has 0 radical (unpaired) electrons. The third-order valence-corrected chi connectivity index (χ3v) is 4.25. The second-order valence-electron chi connectivity index (χ2n) is 6.07. The summed E-state index contributed by atoms with van der Waals surface area (Å²) in [6.45, 7) is 8.87. The Labute approximate surface area is 111 Å². The fourth-order valence-corrected chi connectivity index (χ4v) is 2.46. The quantitative estimate of drug-likeness (QED) is 0.928. The van der Waals surface area contributed by atoms with Crippen molar-refractivity contribution < 1.29 is 0 Å². The van der Waals surface area contributed by atoms with Gasteiger partial charge in [-0.15, -0.1) is 0 Å². The molecular formula is C13H20BrN3. The zero-order valence-electron chi connectivity index (χ0n) is 10.9. The zero-order chi connectivity index (χ0) is 12.8. The summed E-state index contributed by atoms with van der Waals surface area (Å²) >= 11 is 3.49. The van der Waals surface area contributed by atoms with Crippen LogP contribution in [-0.4, -0.2) is 9.97 Å². The van der Waals surface area contributed by atoms with E-state index in [9.17, 15) is 0 Å². The third-order valence-electron chi connectivity index (χ3n) is 3.39. The predicted molar refractivity (Wildman–Crippen MR) is 73.8 cm³/mol. The van der Waals surface area contributed by atoms with E-state index in [2.05, 4.69) is 48.6 Å². The highest BCUT2D eigenvalue weighted by atomic mass is 79.9. The van der Waals surface area contributed by atoms with Crippen LogP contribution >= 0.6 is 15.9 Å². The largest absolute Gasteiger partial charge is 0.383 e. The first-order chi connectivity index (χ1) is 7.81. The van der Waals surface area contributed by atoms with Gasteiger partial charge in [0, 0.05) is 5.92 Å². The molecule has 1 aromatic heterocycles. The van der Waals surface area contributed by atoms with Crippen molar-refractivity contribution in [3.63, 3.8) is 0 Å². The van der Waals surface area contributed by atoms with Crippen LogP contribution in [0.1, 0.15) is 51.6 Å². The van der Waals surface area contributed by atoms with Gasteiger partial charge in [-0.1, -0.05) is 27.7 Å². The van der Waals surface area contributed by atoms with E-state index in [4.69, 9.17) is 10.7 Å². The van der Waals surface area contributed by atoms with Crippen LogP contribution in [0, 0.1) is 11.3 Å². The van der Waals surface area contributed by atoms with Gasteiger partial charge >= 0.3 is 0 Å². The second kappa shape index (κ2) is 4.23. The fourth-order valence-electron chi connectivity index (χ4n) is 2.12. The van der Waals surface area contributed by atoms with Gasteiger partial charge in [-0.05, 0) is 40.1 Å². The van der Waals surface area contributed by atoms with E-state index in [1.54, 1.807) is 0 Å². The van der Waals surface area contributed by atoms with Gasteiger partial charge < -0.3 is 5.73 Å². The van der Waals surface area contributed by atoms with Gasteiger partial charge in [0.1, 0.15) is 11.6 Å². The molecule has 0 aliphatic heterocycles. The van der Waals surface area contributed by atoms with Crippen LogP contribution in [0.15, 0.2) is 4.47 Å². The number of hydrogen-bond donors (Lipinski definition) is 1. The normalized spacial score (nSPS) is 21.9. The van der Waals surface area contributed by atoms with Crippen LogP contribution in [0.3, 0.4) is 0 Å². The standard InChI is InChI=1S/C13H20BrN3/c1-7(2)5-9-10(14)11(15)17-12(16-9)8-6-13(8,3)4/h7-8H,5-6H2,1-4H3,(H2,15,16,17). The molecule has 0 aromatic carbocycles. The summed E-state index contributed by atoms with van der Waals surface area (Å²) in [5.74, 6) is 2.55. The molecule has 1 unspecified atom stereocenters. The maximum atomic E-state index is 5.95. The molecule has 94 valence electrons. The van der Waals surface area contributed by atoms with E-state index in [-0.39, 0.29) is 0 Å². The molecule has 1 heterocycles. The Kier molecular flexibility index (Phi) is 3.19. The third kappa shape index (κ3) is 2.62. The highest BCUT2D eigenvalue weighted by Gasteiger charge is 2.48. The molecule has 2 N–H and O–H groups in total. The van der Waals surface area contributed by atoms with E-state index in [1.807, 2.05) is 0 Å². The van der Waals surface area contributed by atoms with E-state index >= 15 is 0 Å². The fraction of sp³-hybridized carbons (Fsp3) is 0.692. The first-order valence-electron chi connectivity index (χ1n) is 6.13. The first kappa shape index (κ1) is 12.8. The van der Waals surface area contributed by atoms with Crippen LogP contribution in [0.5, 0.6) is 0 Å². The molecule has 1 atom stereocenters. The van der Waals surface area contributed by atoms with Crippen molar-refractivity contribution in [2.45, 2.75) is 46.5 Å². The molecule has 2 rings (SSSR count). The average Bonchev–Trinajstić information content (AvgIpc) is 2.82. The highest BCUT2D eigenvalue weighted by molar-refractivity contribution is 9.10. The summed E-state index contributed by atoms with van der Waals surface area (Å²) in [7, 11) is 0. The van der Waals surface area contributed by atoms with Crippen molar-refractivity contribution in [3.8, 4) is 0 Å². The highest BCUT2D eigenvalue weighted by Crippen LogP contribution is 2.57. The maximum absolute atomic E-state index is 5.95. The lowest BCUT2D eigenvalue weighted by atomic mass is 10.1. The molecular weight excluding hydrogens is 278 g/mol. The average molecular weight is 298 g/mol. The van der Waals surface area contributed by atoms with Crippen LogP contribution in [-0.2, 0) is 6.42 Å². The Hall–Kier alpha value is -0.640. The van der Waals surface area contributed by atoms with Crippen molar-refractivity contribution in [3.05, 3.63) is 16.0 Å². The van der Waals surface area contributed by atoms with Crippen LogP contribution in [0.25, 0.3) is 0 Å². The van der Waals surface area contributed by atoms with Gasteiger partial charge in [0.2, 0.25) is 0 Å². The van der Waals surface area contributed by atoms with Gasteiger partial charge in [0.05, 0.1) is 10.2 Å². The molecule has 1 aromatic rings. The lowest BCUT2D eigenvalue weighted by Crippen LogP contribution is -2.08. The molecule has 4 heteroatoms. The molecule has 0 spiro atoms. The second-order valence-corrected chi connectivity index (χ2v) is 6.86. The van der Waals surface area contributed by atoms with Crippen molar-refractivity contribution >= 4 is 21.7 Å². The van der Waals surface area contributed by atoms with Gasteiger partial charge in [-0.3, -0.25) is 0 Å². The number of nitrogens with zero attached hydrogens (tertiary/aromatic N) is 2. The number of hydrogen-bond acceptors (Lipinski definition) is 3. The molecule has 1 aliphatic rings. The van der Waals surface area contributed by atoms with Crippen molar-refractivity contribution in [2.24, 2.45) is 11.3 Å². The molecule has 3 nitrogen and oxygen atoms in total. The van der Waals surface area contributed by atoms with Crippen molar-refractivity contribution in [1.82, 2.24) is 9.97 Å². The number of rotatable bonds is 3. The van der Waals surface area contributed by atoms with Crippen LogP contribution in [0.2, 0.25) is 0 Å². The Bertz CT molecular complexity index is 441. The predicted octanol–water partition coefficient (Wildman–Crippen LogP) is 3.53. The molecule has 1 saturated carbocycles. The van der Waals surface area contributed by atoms with E-state index < -0.39 is 0 Å². The summed E-state index contributed by atoms with van der Waals surface area (Å²) in [6, 6.07) is 0. The van der Waals surface area contributed by atoms with E-state index in [0.717, 1.165) is 28.8 Å². The number of nitrogen functional groups attached to an aromatic ring is 1. The van der Waals surface area contributed by atoms with Crippen LogP contribution < -0.4 is 5.73 Å². The Morgan fingerprint density at radius 3 is 2.47 bits per heavy atom.